The van der Waals surface area contributed by atoms with Crippen LogP contribution in [0.5, 0.6) is 0 Å². The number of piperidine rings is 1. The summed E-state index contributed by atoms with van der Waals surface area (Å²) in [5, 5.41) is 9.98. The molecular weight excluding hydrogens is 468 g/mol. The van der Waals surface area contributed by atoms with Crippen molar-refractivity contribution in [3.63, 3.8) is 0 Å². The Hall–Kier alpha value is -1.90. The predicted octanol–water partition coefficient (Wildman–Crippen LogP) is 2.04. The van der Waals surface area contributed by atoms with Crippen LogP contribution in [0.3, 0.4) is 0 Å². The standard InChI is InChI=1S/C17H18N4O5S4/c18-29(23,24)12-3-4-13-14(10-12)28-17(19-13)20-16(22)11-5-7-21(8-6-11)30(25,26)15-2-1-9-27-15/h1-4,9-11H,5-8H2,(H2,18,23,24)(H,19,20,22). The number of carbonyl (C=O) groups excluding carboxylic acids is 1. The van der Waals surface area contributed by atoms with Gasteiger partial charge in [0.05, 0.1) is 15.1 Å². The summed E-state index contributed by atoms with van der Waals surface area (Å²) in [6.07, 6.45) is 0.827. The van der Waals surface area contributed by atoms with Crippen molar-refractivity contribution in [3.8, 4) is 0 Å². The maximum absolute atomic E-state index is 12.6. The van der Waals surface area contributed by atoms with Crippen molar-refractivity contribution in [1.29, 1.82) is 0 Å². The molecule has 2 aromatic heterocycles. The maximum atomic E-state index is 12.6. The van der Waals surface area contributed by atoms with Crippen LogP contribution in [0.25, 0.3) is 10.2 Å². The zero-order chi connectivity index (χ0) is 21.5. The number of sulfonamides is 2. The molecule has 1 aliphatic heterocycles. The van der Waals surface area contributed by atoms with E-state index in [0.717, 1.165) is 11.3 Å². The minimum atomic E-state index is -3.82. The van der Waals surface area contributed by atoms with Crippen molar-refractivity contribution >= 4 is 64.0 Å². The van der Waals surface area contributed by atoms with Gasteiger partial charge < -0.3 is 5.32 Å². The Morgan fingerprint density at radius 3 is 2.53 bits per heavy atom. The van der Waals surface area contributed by atoms with E-state index < -0.39 is 20.0 Å². The van der Waals surface area contributed by atoms with Crippen LogP contribution in [0.2, 0.25) is 0 Å². The summed E-state index contributed by atoms with van der Waals surface area (Å²) in [7, 11) is -7.33. The summed E-state index contributed by atoms with van der Waals surface area (Å²) in [5.74, 6) is -0.555. The highest BCUT2D eigenvalue weighted by Gasteiger charge is 2.32. The maximum Gasteiger partial charge on any atom is 0.252 e. The highest BCUT2D eigenvalue weighted by atomic mass is 32.2. The number of nitrogens with one attached hydrogen (secondary N) is 1. The average Bonchev–Trinajstić information content (AvgIpc) is 3.36. The van der Waals surface area contributed by atoms with E-state index >= 15 is 0 Å². The number of hydrogen-bond donors (Lipinski definition) is 2. The van der Waals surface area contributed by atoms with E-state index in [1.807, 2.05) is 0 Å². The van der Waals surface area contributed by atoms with Crippen molar-refractivity contribution in [2.24, 2.45) is 11.1 Å². The third-order valence-corrected chi connectivity index (χ3v) is 9.95. The fourth-order valence-electron chi connectivity index (χ4n) is 3.24. The summed E-state index contributed by atoms with van der Waals surface area (Å²) in [6.45, 7) is 0.547. The molecule has 30 heavy (non-hydrogen) atoms. The van der Waals surface area contributed by atoms with Crippen LogP contribution in [0.1, 0.15) is 12.8 Å². The number of aromatic nitrogens is 1. The van der Waals surface area contributed by atoms with E-state index in [4.69, 9.17) is 5.14 Å². The van der Waals surface area contributed by atoms with Gasteiger partial charge in [0.25, 0.3) is 10.0 Å². The molecule has 1 aromatic carbocycles. The lowest BCUT2D eigenvalue weighted by molar-refractivity contribution is -0.120. The van der Waals surface area contributed by atoms with Crippen molar-refractivity contribution < 1.29 is 21.6 Å². The van der Waals surface area contributed by atoms with E-state index in [1.54, 1.807) is 17.5 Å². The highest BCUT2D eigenvalue weighted by Crippen LogP contribution is 2.30. The van der Waals surface area contributed by atoms with Crippen LogP contribution in [-0.4, -0.2) is 45.1 Å². The number of nitrogens with zero attached hydrogens (tertiary/aromatic N) is 2. The molecule has 3 heterocycles. The molecule has 0 radical (unpaired) electrons. The van der Waals surface area contributed by atoms with Gasteiger partial charge in [-0.05, 0) is 42.5 Å². The molecule has 0 atom stereocenters. The van der Waals surface area contributed by atoms with Crippen LogP contribution < -0.4 is 10.5 Å². The zero-order valence-corrected chi connectivity index (χ0v) is 18.8. The lowest BCUT2D eigenvalue weighted by atomic mass is 9.97. The molecule has 0 saturated carbocycles. The van der Waals surface area contributed by atoms with Crippen molar-refractivity contribution in [2.75, 3.05) is 18.4 Å². The van der Waals surface area contributed by atoms with Gasteiger partial charge in [0.1, 0.15) is 4.21 Å². The molecule has 3 N–H and O–H groups in total. The number of nitrogens with two attached hydrogens (primary N) is 1. The quantitative estimate of drug-likeness (QED) is 0.566. The molecule has 1 aliphatic rings. The molecule has 0 bridgehead atoms. The second-order valence-electron chi connectivity index (χ2n) is 6.79. The van der Waals surface area contributed by atoms with Gasteiger partial charge in [0, 0.05) is 19.0 Å². The number of anilines is 1. The van der Waals surface area contributed by atoms with Crippen LogP contribution in [0.15, 0.2) is 44.8 Å². The minimum absolute atomic E-state index is 0.0177. The van der Waals surface area contributed by atoms with Gasteiger partial charge in [0.2, 0.25) is 15.9 Å². The second-order valence-corrected chi connectivity index (χ2v) is 12.5. The Kier molecular flexibility index (Phi) is 5.67. The normalized spacial score (nSPS) is 16.7. The van der Waals surface area contributed by atoms with Gasteiger partial charge in [-0.3, -0.25) is 4.79 Å². The number of fused-ring (bicyclic) bond motifs is 1. The molecule has 4 rings (SSSR count). The summed E-state index contributed by atoms with van der Waals surface area (Å²) >= 11 is 2.33. The van der Waals surface area contributed by atoms with Gasteiger partial charge in [-0.15, -0.1) is 11.3 Å². The van der Waals surface area contributed by atoms with Gasteiger partial charge in [-0.25, -0.2) is 27.0 Å². The summed E-state index contributed by atoms with van der Waals surface area (Å²) in [5.41, 5.74) is 0.555. The minimum Gasteiger partial charge on any atom is -0.302 e. The Labute approximate surface area is 181 Å². The highest BCUT2D eigenvalue weighted by molar-refractivity contribution is 7.91. The molecule has 1 amide bonds. The van der Waals surface area contributed by atoms with E-state index in [1.165, 1.54) is 33.8 Å². The molecule has 0 aliphatic carbocycles. The molecular formula is C17H18N4O5S4. The first-order valence-electron chi connectivity index (χ1n) is 8.92. The largest absolute Gasteiger partial charge is 0.302 e. The third-order valence-electron chi connectivity index (χ3n) is 4.83. The number of carbonyl (C=O) groups is 1. The van der Waals surface area contributed by atoms with Crippen LogP contribution in [0.4, 0.5) is 5.13 Å². The topological polar surface area (TPSA) is 140 Å². The third kappa shape index (κ3) is 4.26. The first-order valence-corrected chi connectivity index (χ1v) is 13.6. The number of amides is 1. The number of rotatable bonds is 5. The van der Waals surface area contributed by atoms with Crippen LogP contribution in [0, 0.1) is 5.92 Å². The molecule has 9 nitrogen and oxygen atoms in total. The van der Waals surface area contributed by atoms with Crippen LogP contribution in [-0.2, 0) is 24.8 Å². The average molecular weight is 487 g/mol. The number of hydrogen-bond acceptors (Lipinski definition) is 8. The van der Waals surface area contributed by atoms with Crippen molar-refractivity contribution in [2.45, 2.75) is 21.9 Å². The Balaban J connectivity index is 1.41. The van der Waals surface area contributed by atoms with Crippen molar-refractivity contribution in [1.82, 2.24) is 9.29 Å². The van der Waals surface area contributed by atoms with Gasteiger partial charge >= 0.3 is 0 Å². The molecule has 1 fully saturated rings. The first-order chi connectivity index (χ1) is 14.1. The predicted molar refractivity (Wildman–Crippen MR) is 115 cm³/mol. The lowest BCUT2D eigenvalue weighted by Gasteiger charge is -2.29. The first kappa shape index (κ1) is 21.3. The molecule has 160 valence electrons. The Morgan fingerprint density at radius 2 is 1.90 bits per heavy atom. The number of primary sulfonamides is 1. The molecule has 1 saturated heterocycles. The fourth-order valence-corrected chi connectivity index (χ4v) is 7.38. The Bertz CT molecular complexity index is 1290. The second kappa shape index (κ2) is 7.98. The van der Waals surface area contributed by atoms with E-state index in [2.05, 4.69) is 10.3 Å². The van der Waals surface area contributed by atoms with Crippen molar-refractivity contribution in [3.05, 3.63) is 35.7 Å². The number of thiazole rings is 1. The SMILES string of the molecule is NS(=O)(=O)c1ccc2nc(NC(=O)C3CCN(S(=O)(=O)c4cccs4)CC3)sc2c1. The lowest BCUT2D eigenvalue weighted by Crippen LogP contribution is -2.41. The Morgan fingerprint density at radius 1 is 1.17 bits per heavy atom. The van der Waals surface area contributed by atoms with Crippen LogP contribution >= 0.6 is 22.7 Å². The summed E-state index contributed by atoms with van der Waals surface area (Å²) in [6, 6.07) is 7.60. The number of thiophene rings is 1. The molecule has 0 unspecified atom stereocenters. The van der Waals surface area contributed by atoms with E-state index in [-0.39, 0.29) is 29.8 Å². The molecule has 0 spiro atoms. The van der Waals surface area contributed by atoms with Gasteiger partial charge in [-0.1, -0.05) is 17.4 Å². The zero-order valence-electron chi connectivity index (χ0n) is 15.5. The fraction of sp³-hybridized carbons (Fsp3) is 0.294. The van der Waals surface area contributed by atoms with Gasteiger partial charge in [-0.2, -0.15) is 4.31 Å². The smallest absolute Gasteiger partial charge is 0.252 e. The van der Waals surface area contributed by atoms with Gasteiger partial charge in [0.15, 0.2) is 5.13 Å². The molecule has 3 aromatic rings. The molecule has 13 heteroatoms. The summed E-state index contributed by atoms with van der Waals surface area (Å²) in [4.78, 5) is 16.9. The monoisotopic (exact) mass is 486 g/mol. The summed E-state index contributed by atoms with van der Waals surface area (Å²) < 4.78 is 50.5. The van der Waals surface area contributed by atoms with E-state index in [9.17, 15) is 21.6 Å². The van der Waals surface area contributed by atoms with E-state index in [0.29, 0.717) is 32.4 Å². The number of benzene rings is 1.